The third-order valence-corrected chi connectivity index (χ3v) is 2.63. The average molecular weight is 220 g/mol. The number of nitrogens with zero attached hydrogens (tertiary/aromatic N) is 3. The molecular formula is C10H12N4S. The van der Waals surface area contributed by atoms with Gasteiger partial charge in [-0.1, -0.05) is 13.0 Å². The molecule has 15 heavy (non-hydrogen) atoms. The van der Waals surface area contributed by atoms with E-state index in [1.54, 1.807) is 12.5 Å². The smallest absolute Gasteiger partial charge is 0.195 e. The maximum absolute atomic E-state index is 5.08. The van der Waals surface area contributed by atoms with E-state index in [1.165, 1.54) is 5.56 Å². The lowest BCUT2D eigenvalue weighted by Gasteiger charge is -2.06. The SMILES string of the molecule is CCc1cccnc1Cn1cn[nH]c1=S. The first kappa shape index (κ1) is 10.0. The van der Waals surface area contributed by atoms with Crippen LogP contribution in [0.1, 0.15) is 18.2 Å². The molecule has 0 aromatic carbocycles. The fraction of sp³-hybridized carbons (Fsp3) is 0.300. The van der Waals surface area contributed by atoms with E-state index < -0.39 is 0 Å². The van der Waals surface area contributed by atoms with Crippen LogP contribution in [0.25, 0.3) is 0 Å². The first-order valence-electron chi connectivity index (χ1n) is 4.84. The van der Waals surface area contributed by atoms with E-state index in [2.05, 4.69) is 28.2 Å². The van der Waals surface area contributed by atoms with Crippen molar-refractivity contribution in [3.8, 4) is 0 Å². The van der Waals surface area contributed by atoms with Gasteiger partial charge in [-0.25, -0.2) is 0 Å². The van der Waals surface area contributed by atoms with Gasteiger partial charge in [0.2, 0.25) is 0 Å². The molecule has 1 N–H and O–H groups in total. The van der Waals surface area contributed by atoms with Gasteiger partial charge in [-0.15, -0.1) is 0 Å². The van der Waals surface area contributed by atoms with Gasteiger partial charge in [0.1, 0.15) is 6.33 Å². The minimum atomic E-state index is 0.628. The first-order chi connectivity index (χ1) is 7.31. The van der Waals surface area contributed by atoms with Gasteiger partial charge in [0.15, 0.2) is 4.77 Å². The van der Waals surface area contributed by atoms with Crippen LogP contribution in [-0.4, -0.2) is 19.7 Å². The Bertz CT molecular complexity index is 500. The minimum Gasteiger partial charge on any atom is -0.301 e. The van der Waals surface area contributed by atoms with Gasteiger partial charge in [0.25, 0.3) is 0 Å². The highest BCUT2D eigenvalue weighted by Gasteiger charge is 2.02. The molecule has 0 spiro atoms. The summed E-state index contributed by atoms with van der Waals surface area (Å²) in [5, 5.41) is 6.61. The van der Waals surface area contributed by atoms with Gasteiger partial charge < -0.3 is 4.57 Å². The molecular weight excluding hydrogens is 208 g/mol. The number of rotatable bonds is 3. The zero-order valence-electron chi connectivity index (χ0n) is 8.47. The molecule has 2 rings (SSSR count). The predicted octanol–water partition coefficient (Wildman–Crippen LogP) is 1.95. The van der Waals surface area contributed by atoms with Gasteiger partial charge >= 0.3 is 0 Å². The maximum Gasteiger partial charge on any atom is 0.195 e. The summed E-state index contributed by atoms with van der Waals surface area (Å²) in [6.45, 7) is 2.80. The number of H-pyrrole nitrogens is 1. The molecule has 4 nitrogen and oxygen atoms in total. The molecule has 5 heteroatoms. The topological polar surface area (TPSA) is 46.5 Å². The lowest BCUT2D eigenvalue weighted by molar-refractivity contribution is 0.748. The Labute approximate surface area is 93.0 Å². The zero-order chi connectivity index (χ0) is 10.7. The molecule has 0 radical (unpaired) electrons. The summed E-state index contributed by atoms with van der Waals surface area (Å²) >= 11 is 5.08. The van der Waals surface area contributed by atoms with Crippen molar-refractivity contribution in [1.29, 1.82) is 0 Å². The fourth-order valence-corrected chi connectivity index (χ4v) is 1.64. The second-order valence-electron chi connectivity index (χ2n) is 3.25. The number of nitrogens with one attached hydrogen (secondary N) is 1. The Kier molecular flexibility index (Phi) is 2.91. The number of hydrogen-bond acceptors (Lipinski definition) is 3. The molecule has 0 aliphatic rings. The van der Waals surface area contributed by atoms with Crippen LogP contribution >= 0.6 is 12.2 Å². The Morgan fingerprint density at radius 3 is 3.07 bits per heavy atom. The normalized spacial score (nSPS) is 10.5. The molecule has 0 bridgehead atoms. The van der Waals surface area contributed by atoms with Crippen LogP contribution in [0.4, 0.5) is 0 Å². The van der Waals surface area contributed by atoms with Gasteiger partial charge in [-0.05, 0) is 30.3 Å². The van der Waals surface area contributed by atoms with Crippen molar-refractivity contribution in [3.05, 3.63) is 40.7 Å². The molecule has 0 unspecified atom stereocenters. The van der Waals surface area contributed by atoms with E-state index in [-0.39, 0.29) is 0 Å². The van der Waals surface area contributed by atoms with Crippen LogP contribution in [-0.2, 0) is 13.0 Å². The third kappa shape index (κ3) is 2.12. The number of aryl methyl sites for hydroxylation is 1. The third-order valence-electron chi connectivity index (χ3n) is 2.30. The van der Waals surface area contributed by atoms with Crippen molar-refractivity contribution in [3.63, 3.8) is 0 Å². The molecule has 0 aliphatic heterocycles. The van der Waals surface area contributed by atoms with Crippen molar-refractivity contribution in [1.82, 2.24) is 19.7 Å². The molecule has 0 saturated carbocycles. The molecule has 0 saturated heterocycles. The minimum absolute atomic E-state index is 0.628. The second-order valence-corrected chi connectivity index (χ2v) is 3.64. The summed E-state index contributed by atoms with van der Waals surface area (Å²) in [6.07, 6.45) is 4.48. The Balaban J connectivity index is 2.32. The summed E-state index contributed by atoms with van der Waals surface area (Å²) in [6, 6.07) is 4.04. The standard InChI is InChI=1S/C10H12N4S/c1-2-8-4-3-5-11-9(8)6-14-7-12-13-10(14)15/h3-5,7H,2,6H2,1H3,(H,13,15). The molecule has 0 aliphatic carbocycles. The van der Waals surface area contributed by atoms with E-state index in [9.17, 15) is 0 Å². The van der Waals surface area contributed by atoms with Crippen LogP contribution in [0.3, 0.4) is 0 Å². The van der Waals surface area contributed by atoms with Crippen LogP contribution in [0, 0.1) is 4.77 Å². The Morgan fingerprint density at radius 2 is 2.40 bits per heavy atom. The van der Waals surface area contributed by atoms with Crippen LogP contribution in [0.5, 0.6) is 0 Å². The van der Waals surface area contributed by atoms with Crippen molar-refractivity contribution in [2.24, 2.45) is 0 Å². The number of hydrogen-bond donors (Lipinski definition) is 1. The molecule has 2 heterocycles. The van der Waals surface area contributed by atoms with Gasteiger partial charge in [-0.3, -0.25) is 10.1 Å². The number of pyridine rings is 1. The molecule has 0 amide bonds. The van der Waals surface area contributed by atoms with E-state index in [0.717, 1.165) is 12.1 Å². The van der Waals surface area contributed by atoms with Crippen molar-refractivity contribution in [2.45, 2.75) is 19.9 Å². The Morgan fingerprint density at radius 1 is 1.53 bits per heavy atom. The monoisotopic (exact) mass is 220 g/mol. The van der Waals surface area contributed by atoms with E-state index in [0.29, 0.717) is 11.3 Å². The van der Waals surface area contributed by atoms with Crippen molar-refractivity contribution >= 4 is 12.2 Å². The number of aromatic nitrogens is 4. The van der Waals surface area contributed by atoms with Crippen LogP contribution in [0.15, 0.2) is 24.7 Å². The molecule has 2 aromatic heterocycles. The Hall–Kier alpha value is -1.49. The second kappa shape index (κ2) is 4.35. The average Bonchev–Trinajstić information content (AvgIpc) is 2.65. The summed E-state index contributed by atoms with van der Waals surface area (Å²) in [4.78, 5) is 4.36. The molecule has 0 atom stereocenters. The fourth-order valence-electron chi connectivity index (χ4n) is 1.48. The maximum atomic E-state index is 5.08. The van der Waals surface area contributed by atoms with E-state index >= 15 is 0 Å². The quantitative estimate of drug-likeness (QED) is 0.804. The molecule has 2 aromatic rings. The lowest BCUT2D eigenvalue weighted by atomic mass is 10.1. The van der Waals surface area contributed by atoms with Crippen LogP contribution < -0.4 is 0 Å². The molecule has 0 fully saturated rings. The zero-order valence-corrected chi connectivity index (χ0v) is 9.29. The predicted molar refractivity (Wildman–Crippen MR) is 60.1 cm³/mol. The van der Waals surface area contributed by atoms with E-state index in [1.807, 2.05) is 10.6 Å². The van der Waals surface area contributed by atoms with Gasteiger partial charge in [0, 0.05) is 6.20 Å². The molecule has 78 valence electrons. The summed E-state index contributed by atoms with van der Waals surface area (Å²) in [5.41, 5.74) is 2.30. The first-order valence-corrected chi connectivity index (χ1v) is 5.24. The van der Waals surface area contributed by atoms with Crippen molar-refractivity contribution < 1.29 is 0 Å². The van der Waals surface area contributed by atoms with Gasteiger partial charge in [-0.2, -0.15) is 5.10 Å². The lowest BCUT2D eigenvalue weighted by Crippen LogP contribution is -2.04. The highest BCUT2D eigenvalue weighted by Crippen LogP contribution is 2.07. The van der Waals surface area contributed by atoms with Crippen molar-refractivity contribution in [2.75, 3.05) is 0 Å². The summed E-state index contributed by atoms with van der Waals surface area (Å²) < 4.78 is 2.50. The van der Waals surface area contributed by atoms with E-state index in [4.69, 9.17) is 12.2 Å². The van der Waals surface area contributed by atoms with Gasteiger partial charge in [0.05, 0.1) is 12.2 Å². The number of aromatic amines is 1. The highest BCUT2D eigenvalue weighted by molar-refractivity contribution is 7.71. The van der Waals surface area contributed by atoms with Crippen LogP contribution in [0.2, 0.25) is 0 Å². The summed E-state index contributed by atoms with van der Waals surface area (Å²) in [5.74, 6) is 0. The highest BCUT2D eigenvalue weighted by atomic mass is 32.1. The largest absolute Gasteiger partial charge is 0.301 e. The summed E-state index contributed by atoms with van der Waals surface area (Å²) in [7, 11) is 0.